The Bertz CT molecular complexity index is 679. The van der Waals surface area contributed by atoms with E-state index >= 15 is 0 Å². The van der Waals surface area contributed by atoms with E-state index in [4.69, 9.17) is 0 Å². The average molecular weight is 279 g/mol. The summed E-state index contributed by atoms with van der Waals surface area (Å²) in [5.41, 5.74) is 2.37. The third kappa shape index (κ3) is 2.87. The summed E-state index contributed by atoms with van der Waals surface area (Å²) >= 11 is 0. The van der Waals surface area contributed by atoms with Gasteiger partial charge in [0.2, 0.25) is 5.91 Å². The predicted molar refractivity (Wildman–Crippen MR) is 82.4 cm³/mol. The van der Waals surface area contributed by atoms with Crippen molar-refractivity contribution in [3.63, 3.8) is 0 Å². The first-order valence-electron chi connectivity index (χ1n) is 7.12. The molecule has 2 aromatic carbocycles. The molecule has 106 valence electrons. The fraction of sp³-hybridized carbons (Fsp3) is 0.222. The molecular weight excluding hydrogens is 262 g/mol. The van der Waals surface area contributed by atoms with Gasteiger partial charge in [0.25, 0.3) is 0 Å². The fourth-order valence-corrected chi connectivity index (χ4v) is 2.68. The lowest BCUT2D eigenvalue weighted by Gasteiger charge is -2.08. The molecule has 0 bridgehead atoms. The van der Waals surface area contributed by atoms with Crippen molar-refractivity contribution in [2.24, 2.45) is 5.92 Å². The van der Waals surface area contributed by atoms with Crippen molar-refractivity contribution in [2.75, 3.05) is 5.32 Å². The van der Waals surface area contributed by atoms with Gasteiger partial charge in [0, 0.05) is 11.5 Å². The molecule has 0 aromatic heterocycles. The number of benzene rings is 2. The number of amides is 1. The standard InChI is InChI=1S/C18H17NO2/c1-12(20)14-9-5-6-10-17(14)19-18(21)16-11-15(16)13-7-3-2-4-8-13/h2-10,15-16H,11H2,1H3,(H,19,21). The molecule has 1 saturated carbocycles. The number of carbonyl (C=O) groups is 2. The number of ketones is 1. The normalized spacial score (nSPS) is 19.9. The van der Waals surface area contributed by atoms with Crippen LogP contribution in [0.5, 0.6) is 0 Å². The van der Waals surface area contributed by atoms with Crippen LogP contribution in [0.3, 0.4) is 0 Å². The molecule has 3 heteroatoms. The number of nitrogens with one attached hydrogen (secondary N) is 1. The van der Waals surface area contributed by atoms with Crippen LogP contribution in [0.1, 0.15) is 35.2 Å². The van der Waals surface area contributed by atoms with E-state index in [9.17, 15) is 9.59 Å². The van der Waals surface area contributed by atoms with Crippen molar-refractivity contribution < 1.29 is 9.59 Å². The van der Waals surface area contributed by atoms with Crippen molar-refractivity contribution in [1.29, 1.82) is 0 Å². The van der Waals surface area contributed by atoms with Crippen LogP contribution in [0, 0.1) is 5.92 Å². The Hall–Kier alpha value is -2.42. The van der Waals surface area contributed by atoms with Crippen LogP contribution in [0.25, 0.3) is 0 Å². The van der Waals surface area contributed by atoms with E-state index < -0.39 is 0 Å². The topological polar surface area (TPSA) is 46.2 Å². The minimum absolute atomic E-state index is 0.00227. The van der Waals surface area contributed by atoms with Crippen molar-refractivity contribution >= 4 is 17.4 Å². The Balaban J connectivity index is 1.70. The van der Waals surface area contributed by atoms with Crippen molar-refractivity contribution in [2.45, 2.75) is 19.3 Å². The molecule has 1 aliphatic rings. The number of anilines is 1. The molecular formula is C18H17NO2. The lowest BCUT2D eigenvalue weighted by atomic mass is 10.1. The van der Waals surface area contributed by atoms with Crippen LogP contribution in [0.2, 0.25) is 0 Å². The van der Waals surface area contributed by atoms with Gasteiger partial charge in [-0.2, -0.15) is 0 Å². The molecule has 2 atom stereocenters. The largest absolute Gasteiger partial charge is 0.325 e. The zero-order valence-corrected chi connectivity index (χ0v) is 11.9. The van der Waals surface area contributed by atoms with Crippen LogP contribution >= 0.6 is 0 Å². The second-order valence-electron chi connectivity index (χ2n) is 5.45. The van der Waals surface area contributed by atoms with E-state index in [0.717, 1.165) is 6.42 Å². The molecule has 0 aliphatic heterocycles. The van der Waals surface area contributed by atoms with Gasteiger partial charge in [-0.05, 0) is 37.0 Å². The SMILES string of the molecule is CC(=O)c1ccccc1NC(=O)C1CC1c1ccccc1. The third-order valence-electron chi connectivity index (χ3n) is 3.92. The molecule has 21 heavy (non-hydrogen) atoms. The second kappa shape index (κ2) is 5.52. The third-order valence-corrected chi connectivity index (χ3v) is 3.92. The molecule has 1 amide bonds. The molecule has 3 rings (SSSR count). The van der Waals surface area contributed by atoms with Crippen LogP contribution in [0.4, 0.5) is 5.69 Å². The van der Waals surface area contributed by atoms with E-state index in [1.807, 2.05) is 24.3 Å². The number of para-hydroxylation sites is 1. The maximum Gasteiger partial charge on any atom is 0.228 e. The molecule has 2 aromatic rings. The van der Waals surface area contributed by atoms with Crippen molar-refractivity contribution in [1.82, 2.24) is 0 Å². The molecule has 3 nitrogen and oxygen atoms in total. The molecule has 1 N–H and O–H groups in total. The monoisotopic (exact) mass is 279 g/mol. The van der Waals surface area contributed by atoms with Crippen LogP contribution < -0.4 is 5.32 Å². The Kier molecular flexibility index (Phi) is 3.57. The van der Waals surface area contributed by atoms with Crippen LogP contribution in [-0.2, 0) is 4.79 Å². The molecule has 0 spiro atoms. The van der Waals surface area contributed by atoms with Gasteiger partial charge in [0.05, 0.1) is 5.69 Å². The van der Waals surface area contributed by atoms with Crippen LogP contribution in [0.15, 0.2) is 54.6 Å². The summed E-state index contributed by atoms with van der Waals surface area (Å²) in [4.78, 5) is 23.9. The quantitative estimate of drug-likeness (QED) is 0.869. The van der Waals surface area contributed by atoms with Gasteiger partial charge in [0.1, 0.15) is 0 Å². The molecule has 2 unspecified atom stereocenters. The molecule has 1 aliphatic carbocycles. The van der Waals surface area contributed by atoms with Crippen LogP contribution in [-0.4, -0.2) is 11.7 Å². The smallest absolute Gasteiger partial charge is 0.228 e. The van der Waals surface area contributed by atoms with E-state index in [2.05, 4.69) is 17.4 Å². The second-order valence-corrected chi connectivity index (χ2v) is 5.45. The summed E-state index contributed by atoms with van der Waals surface area (Å²) in [6, 6.07) is 17.2. The number of Topliss-reactive ketones (excluding diaryl/α,β-unsaturated/α-hetero) is 1. The van der Waals surface area contributed by atoms with Gasteiger partial charge in [0.15, 0.2) is 5.78 Å². The first-order valence-corrected chi connectivity index (χ1v) is 7.12. The average Bonchev–Trinajstić information content (AvgIpc) is 3.29. The number of hydrogen-bond donors (Lipinski definition) is 1. The highest BCUT2D eigenvalue weighted by atomic mass is 16.2. The van der Waals surface area contributed by atoms with Gasteiger partial charge in [-0.25, -0.2) is 0 Å². The van der Waals surface area contributed by atoms with Gasteiger partial charge in [-0.1, -0.05) is 42.5 Å². The zero-order valence-electron chi connectivity index (χ0n) is 11.9. The molecule has 0 saturated heterocycles. The van der Waals surface area contributed by atoms with E-state index in [1.165, 1.54) is 12.5 Å². The first-order chi connectivity index (χ1) is 10.2. The highest BCUT2D eigenvalue weighted by molar-refractivity contribution is 6.04. The Morgan fingerprint density at radius 3 is 2.38 bits per heavy atom. The van der Waals surface area contributed by atoms with Gasteiger partial charge in [-0.15, -0.1) is 0 Å². The van der Waals surface area contributed by atoms with Gasteiger partial charge in [-0.3, -0.25) is 9.59 Å². The number of rotatable bonds is 4. The highest BCUT2D eigenvalue weighted by Crippen LogP contribution is 2.47. The lowest BCUT2D eigenvalue weighted by Crippen LogP contribution is -2.16. The zero-order chi connectivity index (χ0) is 14.8. The lowest BCUT2D eigenvalue weighted by molar-refractivity contribution is -0.117. The summed E-state index contributed by atoms with van der Waals surface area (Å²) in [7, 11) is 0. The maximum atomic E-state index is 12.3. The highest BCUT2D eigenvalue weighted by Gasteiger charge is 2.43. The van der Waals surface area contributed by atoms with Crippen molar-refractivity contribution in [3.8, 4) is 0 Å². The Labute approximate surface area is 124 Å². The van der Waals surface area contributed by atoms with E-state index in [1.54, 1.807) is 18.2 Å². The summed E-state index contributed by atoms with van der Waals surface area (Å²) in [6.45, 7) is 1.51. The Morgan fingerprint density at radius 1 is 1.00 bits per heavy atom. The number of carbonyl (C=O) groups excluding carboxylic acids is 2. The summed E-state index contributed by atoms with van der Waals surface area (Å²) in [6.07, 6.45) is 0.873. The summed E-state index contributed by atoms with van der Waals surface area (Å²) < 4.78 is 0. The Morgan fingerprint density at radius 2 is 1.67 bits per heavy atom. The minimum atomic E-state index is -0.0405. The number of hydrogen-bond acceptors (Lipinski definition) is 2. The molecule has 1 fully saturated rings. The van der Waals surface area contributed by atoms with E-state index in [-0.39, 0.29) is 17.6 Å². The van der Waals surface area contributed by atoms with E-state index in [0.29, 0.717) is 17.2 Å². The fourth-order valence-electron chi connectivity index (χ4n) is 2.68. The molecule has 0 heterocycles. The predicted octanol–water partition coefficient (Wildman–Crippen LogP) is 3.63. The first kappa shape index (κ1) is 13.6. The van der Waals surface area contributed by atoms with Gasteiger partial charge < -0.3 is 5.32 Å². The van der Waals surface area contributed by atoms with Gasteiger partial charge >= 0.3 is 0 Å². The summed E-state index contributed by atoms with van der Waals surface area (Å²) in [5, 5.41) is 2.89. The molecule has 0 radical (unpaired) electrons. The van der Waals surface area contributed by atoms with Crippen molar-refractivity contribution in [3.05, 3.63) is 65.7 Å². The summed E-state index contributed by atoms with van der Waals surface area (Å²) in [5.74, 6) is 0.266. The minimum Gasteiger partial charge on any atom is -0.325 e. The maximum absolute atomic E-state index is 12.3.